The number of benzene rings is 2. The molecule has 1 aliphatic heterocycles. The van der Waals surface area contributed by atoms with E-state index in [2.05, 4.69) is 75.8 Å². The summed E-state index contributed by atoms with van der Waals surface area (Å²) in [4.78, 5) is 7.25. The average molecular weight is 423 g/mol. The van der Waals surface area contributed by atoms with Crippen LogP contribution in [0.4, 0.5) is 0 Å². The van der Waals surface area contributed by atoms with Gasteiger partial charge in [0.2, 0.25) is 0 Å². The molecule has 2 aromatic heterocycles. The van der Waals surface area contributed by atoms with Gasteiger partial charge >= 0.3 is 0 Å². The highest BCUT2D eigenvalue weighted by molar-refractivity contribution is 5.93. The SMILES string of the molecule is C=C(N)c1ccc(Cn2ccc3c(-c4ccc(CN5CCCCC5)cc4)ccnc32)cc1. The van der Waals surface area contributed by atoms with Crippen LogP contribution in [0.2, 0.25) is 0 Å². The third-order valence-electron chi connectivity index (χ3n) is 6.46. The van der Waals surface area contributed by atoms with E-state index in [-0.39, 0.29) is 0 Å². The lowest BCUT2D eigenvalue weighted by molar-refractivity contribution is 0.221. The van der Waals surface area contributed by atoms with Crippen molar-refractivity contribution >= 4 is 16.7 Å². The van der Waals surface area contributed by atoms with Gasteiger partial charge in [0, 0.05) is 36.6 Å². The minimum Gasteiger partial charge on any atom is -0.399 e. The molecular formula is C28H30N4. The zero-order valence-corrected chi connectivity index (χ0v) is 18.5. The van der Waals surface area contributed by atoms with Gasteiger partial charge in [-0.05, 0) is 65.9 Å². The predicted molar refractivity (Wildman–Crippen MR) is 133 cm³/mol. The van der Waals surface area contributed by atoms with Crippen molar-refractivity contribution in [1.82, 2.24) is 14.5 Å². The number of nitrogens with zero attached hydrogens (tertiary/aromatic N) is 3. The van der Waals surface area contributed by atoms with E-state index < -0.39 is 0 Å². The standard InChI is InChI=1S/C28H30N4/c1-21(29)24-9-5-23(6-10-24)20-32-18-14-27-26(13-15-30-28(27)32)25-11-7-22(8-12-25)19-31-16-3-2-4-17-31/h5-15,18H,1-4,16-17,19-20,29H2. The van der Waals surface area contributed by atoms with Crippen molar-refractivity contribution in [3.8, 4) is 11.1 Å². The van der Waals surface area contributed by atoms with Crippen molar-refractivity contribution in [3.63, 3.8) is 0 Å². The Morgan fingerprint density at radius 1 is 0.844 bits per heavy atom. The maximum atomic E-state index is 5.79. The minimum atomic E-state index is 0.594. The van der Waals surface area contributed by atoms with Gasteiger partial charge in [-0.3, -0.25) is 4.90 Å². The Morgan fingerprint density at radius 3 is 2.25 bits per heavy atom. The Labute approximate surface area is 190 Å². The number of likely N-dealkylation sites (tertiary alicyclic amines) is 1. The molecule has 0 unspecified atom stereocenters. The summed E-state index contributed by atoms with van der Waals surface area (Å²) in [7, 11) is 0. The van der Waals surface area contributed by atoms with Crippen molar-refractivity contribution in [1.29, 1.82) is 0 Å². The second-order valence-corrected chi connectivity index (χ2v) is 8.80. The molecule has 4 nitrogen and oxygen atoms in total. The molecule has 4 aromatic rings. The second-order valence-electron chi connectivity index (χ2n) is 8.80. The van der Waals surface area contributed by atoms with Crippen LogP contribution in [-0.2, 0) is 13.1 Å². The molecule has 0 amide bonds. The molecule has 0 atom stereocenters. The van der Waals surface area contributed by atoms with Crippen LogP contribution in [0.3, 0.4) is 0 Å². The van der Waals surface area contributed by atoms with Gasteiger partial charge in [0.1, 0.15) is 5.65 Å². The van der Waals surface area contributed by atoms with Crippen molar-refractivity contribution < 1.29 is 0 Å². The van der Waals surface area contributed by atoms with Crippen molar-refractivity contribution in [3.05, 3.63) is 96.3 Å². The number of aromatic nitrogens is 2. The first-order chi connectivity index (χ1) is 15.7. The third kappa shape index (κ3) is 4.32. The fourth-order valence-electron chi connectivity index (χ4n) is 4.66. The van der Waals surface area contributed by atoms with Crippen LogP contribution in [0.1, 0.15) is 36.0 Å². The van der Waals surface area contributed by atoms with E-state index in [1.807, 2.05) is 18.3 Å². The molecule has 1 fully saturated rings. The first-order valence-corrected chi connectivity index (χ1v) is 11.5. The minimum absolute atomic E-state index is 0.594. The third-order valence-corrected chi connectivity index (χ3v) is 6.46. The first-order valence-electron chi connectivity index (χ1n) is 11.5. The summed E-state index contributed by atoms with van der Waals surface area (Å²) in [6.07, 6.45) is 8.08. The van der Waals surface area contributed by atoms with E-state index >= 15 is 0 Å². The van der Waals surface area contributed by atoms with E-state index in [1.54, 1.807) is 0 Å². The molecule has 3 heterocycles. The van der Waals surface area contributed by atoms with Crippen LogP contribution >= 0.6 is 0 Å². The van der Waals surface area contributed by atoms with Crippen LogP contribution in [0.15, 0.2) is 79.6 Å². The van der Waals surface area contributed by atoms with E-state index in [1.165, 1.54) is 60.0 Å². The molecule has 2 N–H and O–H groups in total. The zero-order chi connectivity index (χ0) is 21.9. The van der Waals surface area contributed by atoms with Crippen LogP contribution in [0, 0.1) is 0 Å². The summed E-state index contributed by atoms with van der Waals surface area (Å²) in [5, 5.41) is 1.18. The molecule has 162 valence electrons. The van der Waals surface area contributed by atoms with Gasteiger partial charge < -0.3 is 10.3 Å². The number of rotatable bonds is 6. The van der Waals surface area contributed by atoms with Crippen LogP contribution in [-0.4, -0.2) is 27.5 Å². The monoisotopic (exact) mass is 422 g/mol. The average Bonchev–Trinajstić information content (AvgIpc) is 3.23. The largest absolute Gasteiger partial charge is 0.399 e. The predicted octanol–water partition coefficient (Wildman–Crippen LogP) is 5.67. The van der Waals surface area contributed by atoms with Crippen LogP contribution < -0.4 is 5.73 Å². The number of pyridine rings is 1. The highest BCUT2D eigenvalue weighted by atomic mass is 15.1. The Morgan fingerprint density at radius 2 is 1.53 bits per heavy atom. The van der Waals surface area contributed by atoms with Crippen molar-refractivity contribution in [2.75, 3.05) is 13.1 Å². The lowest BCUT2D eigenvalue weighted by atomic mass is 10.0. The number of fused-ring (bicyclic) bond motifs is 1. The summed E-state index contributed by atoms with van der Waals surface area (Å²) >= 11 is 0. The summed E-state index contributed by atoms with van der Waals surface area (Å²) in [6, 6.07) is 21.6. The second kappa shape index (κ2) is 9.01. The van der Waals surface area contributed by atoms with E-state index in [0.29, 0.717) is 5.70 Å². The maximum absolute atomic E-state index is 5.79. The van der Waals surface area contributed by atoms with E-state index in [0.717, 1.165) is 24.3 Å². The van der Waals surface area contributed by atoms with Crippen LogP contribution in [0.5, 0.6) is 0 Å². The van der Waals surface area contributed by atoms with Crippen LogP contribution in [0.25, 0.3) is 27.9 Å². The van der Waals surface area contributed by atoms with Crippen molar-refractivity contribution in [2.45, 2.75) is 32.4 Å². The van der Waals surface area contributed by atoms with Gasteiger partial charge in [0.15, 0.2) is 0 Å². The summed E-state index contributed by atoms with van der Waals surface area (Å²) in [5.41, 5.74) is 13.4. The summed E-state index contributed by atoms with van der Waals surface area (Å²) in [5.74, 6) is 0. The Kier molecular flexibility index (Phi) is 5.78. The first kappa shape index (κ1) is 20.5. The van der Waals surface area contributed by atoms with E-state index in [4.69, 9.17) is 5.73 Å². The smallest absolute Gasteiger partial charge is 0.140 e. The van der Waals surface area contributed by atoms with Crippen molar-refractivity contribution in [2.24, 2.45) is 5.73 Å². The van der Waals surface area contributed by atoms with Gasteiger partial charge in [0.25, 0.3) is 0 Å². The molecule has 32 heavy (non-hydrogen) atoms. The van der Waals surface area contributed by atoms with Gasteiger partial charge in [-0.15, -0.1) is 0 Å². The molecular weight excluding hydrogens is 392 g/mol. The maximum Gasteiger partial charge on any atom is 0.140 e. The number of nitrogens with two attached hydrogens (primary N) is 1. The fourth-order valence-corrected chi connectivity index (χ4v) is 4.66. The molecule has 1 aliphatic rings. The molecule has 1 saturated heterocycles. The number of hydrogen-bond acceptors (Lipinski definition) is 3. The van der Waals surface area contributed by atoms with E-state index in [9.17, 15) is 0 Å². The fraction of sp³-hybridized carbons (Fsp3) is 0.250. The van der Waals surface area contributed by atoms with Gasteiger partial charge in [0.05, 0.1) is 0 Å². The Balaban J connectivity index is 1.37. The molecule has 0 bridgehead atoms. The molecule has 0 radical (unpaired) electrons. The Bertz CT molecular complexity index is 1210. The lowest BCUT2D eigenvalue weighted by Gasteiger charge is -2.26. The Hall–Kier alpha value is -3.37. The normalized spacial score (nSPS) is 14.6. The number of hydrogen-bond donors (Lipinski definition) is 1. The molecule has 0 aliphatic carbocycles. The molecule has 5 rings (SSSR count). The quantitative estimate of drug-likeness (QED) is 0.436. The highest BCUT2D eigenvalue weighted by Gasteiger charge is 2.12. The van der Waals surface area contributed by atoms with Gasteiger partial charge in [-0.25, -0.2) is 4.98 Å². The topological polar surface area (TPSA) is 47.1 Å². The highest BCUT2D eigenvalue weighted by Crippen LogP contribution is 2.29. The van der Waals surface area contributed by atoms with Gasteiger partial charge in [-0.1, -0.05) is 61.5 Å². The molecule has 0 spiro atoms. The summed E-state index contributed by atoms with van der Waals surface area (Å²) in [6.45, 7) is 8.08. The summed E-state index contributed by atoms with van der Waals surface area (Å²) < 4.78 is 2.20. The van der Waals surface area contributed by atoms with Gasteiger partial charge in [-0.2, -0.15) is 0 Å². The molecule has 0 saturated carbocycles. The lowest BCUT2D eigenvalue weighted by Crippen LogP contribution is -2.28. The molecule has 2 aromatic carbocycles. The molecule has 4 heteroatoms. The zero-order valence-electron chi connectivity index (χ0n) is 18.5. The number of piperidine rings is 1.